The minimum Gasteiger partial charge on any atom is -0.497 e. The van der Waals surface area contributed by atoms with Crippen molar-refractivity contribution >= 4 is 96.1 Å². The molecule has 0 radical (unpaired) electrons. The van der Waals surface area contributed by atoms with Crippen molar-refractivity contribution in [2.24, 2.45) is 0 Å². The fourth-order valence-corrected chi connectivity index (χ4v) is 5.74. The molecule has 6 N–H and O–H groups in total. The Bertz CT molecular complexity index is 2380. The lowest BCUT2D eigenvalue weighted by Gasteiger charge is -2.15. The summed E-state index contributed by atoms with van der Waals surface area (Å²) in [5.74, 6) is -6.67. The van der Waals surface area contributed by atoms with Gasteiger partial charge < -0.3 is 40.7 Å². The third-order valence-electron chi connectivity index (χ3n) is 8.28. The van der Waals surface area contributed by atoms with E-state index in [4.69, 9.17) is 72.3 Å². The zero-order valence-corrected chi connectivity index (χ0v) is 34.6. The van der Waals surface area contributed by atoms with Gasteiger partial charge in [-0.2, -0.15) is 39.5 Å². The lowest BCUT2D eigenvalue weighted by Crippen LogP contribution is -2.21. The third kappa shape index (κ3) is 15.5. The minimum absolute atomic E-state index is 0.673. The van der Waals surface area contributed by atoms with Gasteiger partial charge in [-0.05, 0) is 98.7 Å². The second-order valence-electron chi connectivity index (χ2n) is 12.8. The van der Waals surface area contributed by atoms with E-state index in [1.54, 1.807) is 14.2 Å². The first-order valence-corrected chi connectivity index (χ1v) is 18.9. The molecule has 6 aromatic rings. The summed E-state index contributed by atoms with van der Waals surface area (Å²) in [7, 11) is 3.36. The number of halogens is 11. The topological polar surface area (TPSA) is 192 Å². The van der Waals surface area contributed by atoms with E-state index >= 15 is 0 Å². The number of ether oxygens (including phenoxy) is 2. The number of carboxylic acid groups (broad SMARTS) is 3. The van der Waals surface area contributed by atoms with Crippen molar-refractivity contribution in [2.75, 3.05) is 51.0 Å². The van der Waals surface area contributed by atoms with Crippen molar-refractivity contribution in [3.8, 4) is 11.5 Å². The molecule has 0 atom stereocenters. The Morgan fingerprint density at radius 3 is 1.14 bits per heavy atom. The number of pyridine rings is 2. The summed E-state index contributed by atoms with van der Waals surface area (Å²) >= 11 is 12.5. The second kappa shape index (κ2) is 22.9. The van der Waals surface area contributed by atoms with Crippen LogP contribution in [0.15, 0.2) is 72.8 Å². The number of fused-ring (bicyclic) bond motifs is 4. The Balaban J connectivity index is 0.000000429. The molecule has 0 fully saturated rings. The lowest BCUT2D eigenvalue weighted by atomic mass is 10.1. The number of methoxy groups -OCH3 is 2. The van der Waals surface area contributed by atoms with E-state index in [2.05, 4.69) is 16.0 Å². The summed E-state index contributed by atoms with van der Waals surface area (Å²) in [6, 6.07) is 23.6. The Morgan fingerprint density at radius 2 is 0.844 bits per heavy atom. The van der Waals surface area contributed by atoms with E-state index in [9.17, 15) is 39.5 Å². The molecule has 4 aromatic carbocycles. The number of anilines is 2. The van der Waals surface area contributed by atoms with Crippen molar-refractivity contribution in [3.05, 3.63) is 82.8 Å². The molecular formula is C40H36Cl2F9N5O8. The van der Waals surface area contributed by atoms with Crippen LogP contribution in [-0.2, 0) is 14.4 Å². The van der Waals surface area contributed by atoms with Crippen LogP contribution in [0.3, 0.4) is 0 Å². The highest BCUT2D eigenvalue weighted by Gasteiger charge is 2.39. The molecule has 0 amide bonds. The highest BCUT2D eigenvalue weighted by atomic mass is 35.5. The minimum atomic E-state index is -5.08. The van der Waals surface area contributed by atoms with Crippen LogP contribution in [0.4, 0.5) is 50.9 Å². The van der Waals surface area contributed by atoms with Gasteiger partial charge in [-0.25, -0.2) is 24.4 Å². The Kier molecular flexibility index (Phi) is 18.6. The number of aliphatic carboxylic acids is 3. The van der Waals surface area contributed by atoms with Crippen molar-refractivity contribution in [3.63, 3.8) is 0 Å². The van der Waals surface area contributed by atoms with Crippen molar-refractivity contribution in [2.45, 2.75) is 31.4 Å². The summed E-state index contributed by atoms with van der Waals surface area (Å²) in [6.07, 6.45) is -13.3. The Morgan fingerprint density at radius 1 is 0.516 bits per heavy atom. The zero-order chi connectivity index (χ0) is 48.0. The number of nitrogens with zero attached hydrogens (tertiary/aromatic N) is 2. The van der Waals surface area contributed by atoms with Crippen LogP contribution in [0.25, 0.3) is 43.6 Å². The SMILES string of the molecule is COc1ccc2nc3cc(Cl)ccc3c(NCCCNCCCNc3c4ccc(Cl)cc4nc4ccc(OC)cc34)c2c1.O=C(O)C(F)(F)F.O=C(O)C(F)(F)F.O=C(O)C(F)(F)F. The lowest BCUT2D eigenvalue weighted by molar-refractivity contribution is -0.193. The average molecular weight is 957 g/mol. The molecule has 13 nitrogen and oxygen atoms in total. The van der Waals surface area contributed by atoms with E-state index in [1.165, 1.54) is 0 Å². The molecule has 0 aliphatic rings. The van der Waals surface area contributed by atoms with Crippen LogP contribution < -0.4 is 25.4 Å². The number of aromatic nitrogens is 2. The van der Waals surface area contributed by atoms with Gasteiger partial charge in [-0.3, -0.25) is 0 Å². The summed E-state index contributed by atoms with van der Waals surface area (Å²) in [5.41, 5.74) is 5.65. The normalized spacial score (nSPS) is 11.4. The van der Waals surface area contributed by atoms with Crippen molar-refractivity contribution in [1.29, 1.82) is 0 Å². The summed E-state index contributed by atoms with van der Waals surface area (Å²) in [4.78, 5) is 36.3. The molecule has 346 valence electrons. The van der Waals surface area contributed by atoms with Crippen LogP contribution in [0.5, 0.6) is 11.5 Å². The number of hydrogen-bond acceptors (Lipinski definition) is 10. The molecule has 0 saturated heterocycles. The standard InChI is InChI=1S/C34H33Cl2N5O2.3C2HF3O2/c1-42-23-7-11-29-27(19-23)33(25-9-5-21(35)17-31(25)40-29)38-15-3-13-37-14-4-16-39-34-26-10-6-22(36)18-32(26)41-30-12-8-24(43-2)20-28(30)34;3*3-2(4,5)1(6)7/h5-12,17-20,37H,3-4,13-16H2,1-2H3,(H,38,40)(H,39,41);3*(H,6,7). The number of rotatable bonds is 12. The Hall–Kier alpha value is -6.26. The fraction of sp³-hybridized carbons (Fsp3) is 0.275. The number of carboxylic acids is 3. The van der Waals surface area contributed by atoms with E-state index in [0.29, 0.717) is 10.0 Å². The van der Waals surface area contributed by atoms with Gasteiger partial charge in [0.2, 0.25) is 0 Å². The monoisotopic (exact) mass is 955 g/mol. The smallest absolute Gasteiger partial charge is 0.490 e. The van der Waals surface area contributed by atoms with E-state index in [1.807, 2.05) is 72.8 Å². The molecule has 0 aliphatic carbocycles. The van der Waals surface area contributed by atoms with Crippen LogP contribution in [0, 0.1) is 0 Å². The molecular weight excluding hydrogens is 920 g/mol. The molecule has 24 heteroatoms. The molecule has 64 heavy (non-hydrogen) atoms. The molecule has 0 aliphatic heterocycles. The first-order valence-electron chi connectivity index (χ1n) is 18.1. The fourth-order valence-electron chi connectivity index (χ4n) is 5.41. The van der Waals surface area contributed by atoms with Gasteiger partial charge in [-0.15, -0.1) is 0 Å². The van der Waals surface area contributed by atoms with E-state index < -0.39 is 36.4 Å². The average Bonchev–Trinajstić information content (AvgIpc) is 3.21. The van der Waals surface area contributed by atoms with Crippen LogP contribution >= 0.6 is 23.2 Å². The van der Waals surface area contributed by atoms with Crippen molar-refractivity contribution < 1.29 is 78.7 Å². The predicted octanol–water partition coefficient (Wildman–Crippen LogP) is 10.2. The first-order chi connectivity index (χ1) is 29.9. The highest BCUT2D eigenvalue weighted by Crippen LogP contribution is 2.36. The Labute approximate surface area is 366 Å². The largest absolute Gasteiger partial charge is 0.497 e. The van der Waals surface area contributed by atoms with E-state index in [-0.39, 0.29) is 0 Å². The predicted molar refractivity (Wildman–Crippen MR) is 222 cm³/mol. The molecule has 6 rings (SSSR count). The van der Waals surface area contributed by atoms with Gasteiger partial charge in [0.05, 0.1) is 47.7 Å². The molecule has 2 heterocycles. The summed E-state index contributed by atoms with van der Waals surface area (Å²) in [6.45, 7) is 3.44. The summed E-state index contributed by atoms with van der Waals surface area (Å²) < 4.78 is 106. The van der Waals surface area contributed by atoms with Gasteiger partial charge in [0.15, 0.2) is 0 Å². The maximum atomic E-state index is 10.6. The molecule has 2 aromatic heterocycles. The van der Waals surface area contributed by atoms with Crippen LogP contribution in [-0.4, -0.2) is 102 Å². The number of carbonyl (C=O) groups is 3. The zero-order valence-electron chi connectivity index (χ0n) is 33.1. The highest BCUT2D eigenvalue weighted by molar-refractivity contribution is 6.32. The quantitative estimate of drug-likeness (QED) is 0.0386. The van der Waals surface area contributed by atoms with Crippen molar-refractivity contribution in [1.82, 2.24) is 15.3 Å². The van der Waals surface area contributed by atoms with Crippen LogP contribution in [0.2, 0.25) is 10.0 Å². The molecule has 0 bridgehead atoms. The van der Waals surface area contributed by atoms with Crippen LogP contribution in [0.1, 0.15) is 12.8 Å². The van der Waals surface area contributed by atoms with E-state index in [0.717, 1.165) is 106 Å². The number of hydrogen-bond donors (Lipinski definition) is 6. The number of alkyl halides is 9. The maximum absolute atomic E-state index is 10.6. The molecule has 0 saturated carbocycles. The maximum Gasteiger partial charge on any atom is 0.490 e. The molecule has 0 spiro atoms. The van der Waals surface area contributed by atoms with Gasteiger partial charge in [0, 0.05) is 44.7 Å². The molecule has 0 unspecified atom stereocenters. The number of benzene rings is 4. The van der Waals surface area contributed by atoms with Gasteiger partial charge >= 0.3 is 36.4 Å². The second-order valence-corrected chi connectivity index (χ2v) is 13.7. The first kappa shape index (κ1) is 52.1. The van der Waals surface area contributed by atoms with Gasteiger partial charge in [0.1, 0.15) is 11.5 Å². The summed E-state index contributed by atoms with van der Waals surface area (Å²) in [5, 5.41) is 37.8. The number of nitrogens with one attached hydrogen (secondary N) is 3. The van der Waals surface area contributed by atoms with Gasteiger partial charge in [0.25, 0.3) is 0 Å². The third-order valence-corrected chi connectivity index (χ3v) is 8.75. The van der Waals surface area contributed by atoms with Gasteiger partial charge in [-0.1, -0.05) is 23.2 Å².